The number of amides is 2. The standard InChI is InChI=1S/C29H33FN6O4/c1-3-13-34-24-16-23(33-26(24)27(37)35(14-4-2)29(34)39)19-7-12-25(31-17-19)36(18-22-6-5-15-40-22)28(38)32-21-10-8-20(30)9-11-21/h7-12,16-17,22,33H,3-6,13-15,18H2,1-2H3,(H,32,38). The Morgan fingerprint density at radius 2 is 1.88 bits per heavy atom. The van der Waals surface area contributed by atoms with E-state index in [4.69, 9.17) is 4.74 Å². The molecule has 11 heteroatoms. The lowest BCUT2D eigenvalue weighted by atomic mass is 10.2. The highest BCUT2D eigenvalue weighted by Crippen LogP contribution is 2.25. The number of anilines is 2. The first-order valence-electron chi connectivity index (χ1n) is 13.7. The summed E-state index contributed by atoms with van der Waals surface area (Å²) < 4.78 is 22.0. The fourth-order valence-electron chi connectivity index (χ4n) is 5.01. The molecule has 3 aromatic heterocycles. The zero-order chi connectivity index (χ0) is 28.2. The van der Waals surface area contributed by atoms with Gasteiger partial charge in [-0.3, -0.25) is 18.8 Å². The number of urea groups is 1. The Bertz CT molecular complexity index is 1600. The molecule has 0 radical (unpaired) electrons. The Hall–Kier alpha value is -4.25. The van der Waals surface area contributed by atoms with Crippen molar-refractivity contribution in [3.05, 3.63) is 75.3 Å². The van der Waals surface area contributed by atoms with Crippen LogP contribution in [0.4, 0.5) is 20.7 Å². The van der Waals surface area contributed by atoms with Crippen LogP contribution in [-0.2, 0) is 17.8 Å². The average molecular weight is 549 g/mol. The molecular formula is C29H33FN6O4. The van der Waals surface area contributed by atoms with Crippen LogP contribution in [0.1, 0.15) is 39.5 Å². The van der Waals surface area contributed by atoms with Gasteiger partial charge in [-0.25, -0.2) is 19.0 Å². The largest absolute Gasteiger partial charge is 0.376 e. The summed E-state index contributed by atoms with van der Waals surface area (Å²) in [5.74, 6) is 0.0302. The number of nitrogens with zero attached hydrogens (tertiary/aromatic N) is 4. The zero-order valence-corrected chi connectivity index (χ0v) is 22.7. The van der Waals surface area contributed by atoms with Gasteiger partial charge in [0.2, 0.25) is 0 Å². The number of hydrogen-bond donors (Lipinski definition) is 2. The van der Waals surface area contributed by atoms with Crippen molar-refractivity contribution < 1.29 is 13.9 Å². The summed E-state index contributed by atoms with van der Waals surface area (Å²) in [6.45, 7) is 5.71. The molecule has 4 aromatic rings. The summed E-state index contributed by atoms with van der Waals surface area (Å²) in [7, 11) is 0. The number of aryl methyl sites for hydroxylation is 1. The molecule has 1 saturated heterocycles. The van der Waals surface area contributed by atoms with Crippen LogP contribution in [0.15, 0.2) is 58.3 Å². The second-order valence-electron chi connectivity index (χ2n) is 9.92. The molecule has 1 aliphatic heterocycles. The number of nitrogens with one attached hydrogen (secondary N) is 2. The van der Waals surface area contributed by atoms with Gasteiger partial charge in [0, 0.05) is 42.8 Å². The average Bonchev–Trinajstić information content (AvgIpc) is 3.64. The number of carbonyl (C=O) groups is 1. The van der Waals surface area contributed by atoms with Gasteiger partial charge in [0.15, 0.2) is 0 Å². The number of carbonyl (C=O) groups excluding carboxylic acids is 1. The van der Waals surface area contributed by atoms with Crippen LogP contribution in [0.25, 0.3) is 22.3 Å². The first kappa shape index (κ1) is 27.3. The van der Waals surface area contributed by atoms with Crippen LogP contribution in [-0.4, -0.2) is 44.4 Å². The third-order valence-corrected chi connectivity index (χ3v) is 6.99. The van der Waals surface area contributed by atoms with Gasteiger partial charge >= 0.3 is 11.7 Å². The highest BCUT2D eigenvalue weighted by Gasteiger charge is 2.25. The lowest BCUT2D eigenvalue weighted by molar-refractivity contribution is 0.116. The molecule has 1 fully saturated rings. The molecule has 0 bridgehead atoms. The van der Waals surface area contributed by atoms with Crippen LogP contribution in [0.3, 0.4) is 0 Å². The quantitative estimate of drug-likeness (QED) is 0.314. The molecule has 0 spiro atoms. The number of aromatic nitrogens is 4. The molecule has 1 aromatic carbocycles. The maximum Gasteiger partial charge on any atom is 0.331 e. The van der Waals surface area contributed by atoms with Crippen molar-refractivity contribution in [2.45, 2.75) is 58.7 Å². The summed E-state index contributed by atoms with van der Waals surface area (Å²) in [4.78, 5) is 48.7. The lowest BCUT2D eigenvalue weighted by Gasteiger charge is -2.25. The van der Waals surface area contributed by atoms with Crippen LogP contribution in [0.2, 0.25) is 0 Å². The number of hydrogen-bond acceptors (Lipinski definition) is 5. The van der Waals surface area contributed by atoms with Crippen molar-refractivity contribution in [3.8, 4) is 11.3 Å². The van der Waals surface area contributed by atoms with E-state index in [1.54, 1.807) is 22.9 Å². The molecular weight excluding hydrogens is 515 g/mol. The Labute approximate surface area is 230 Å². The number of benzene rings is 1. The minimum Gasteiger partial charge on any atom is -0.376 e. The van der Waals surface area contributed by atoms with Crippen LogP contribution < -0.4 is 21.5 Å². The number of H-pyrrole nitrogens is 1. The first-order valence-corrected chi connectivity index (χ1v) is 13.7. The fourth-order valence-corrected chi connectivity index (χ4v) is 5.01. The van der Waals surface area contributed by atoms with Crippen LogP contribution in [0.5, 0.6) is 0 Å². The number of halogens is 1. The highest BCUT2D eigenvalue weighted by atomic mass is 19.1. The van der Waals surface area contributed by atoms with Crippen molar-refractivity contribution >= 4 is 28.6 Å². The predicted octanol–water partition coefficient (Wildman–Crippen LogP) is 4.73. The fraction of sp³-hybridized carbons (Fsp3) is 0.379. The second-order valence-corrected chi connectivity index (χ2v) is 9.92. The van der Waals surface area contributed by atoms with Gasteiger partial charge in [0.1, 0.15) is 17.2 Å². The normalized spacial score (nSPS) is 15.0. The molecule has 2 N–H and O–H groups in total. The van der Waals surface area contributed by atoms with E-state index in [9.17, 15) is 18.8 Å². The van der Waals surface area contributed by atoms with E-state index in [0.29, 0.717) is 66.5 Å². The predicted molar refractivity (Wildman–Crippen MR) is 152 cm³/mol. The molecule has 10 nitrogen and oxygen atoms in total. The maximum atomic E-state index is 13.3. The number of ether oxygens (including phenoxy) is 1. The summed E-state index contributed by atoms with van der Waals surface area (Å²) in [6.07, 6.45) is 4.69. The molecule has 1 aliphatic rings. The molecule has 4 heterocycles. The van der Waals surface area contributed by atoms with Gasteiger partial charge in [0.05, 0.1) is 18.2 Å². The van der Waals surface area contributed by atoms with E-state index in [1.807, 2.05) is 19.9 Å². The highest BCUT2D eigenvalue weighted by molar-refractivity contribution is 6.01. The smallest absolute Gasteiger partial charge is 0.331 e. The van der Waals surface area contributed by atoms with E-state index >= 15 is 0 Å². The van der Waals surface area contributed by atoms with Crippen molar-refractivity contribution in [3.63, 3.8) is 0 Å². The third-order valence-electron chi connectivity index (χ3n) is 6.99. The number of aromatic amines is 1. The topological polar surface area (TPSA) is 114 Å². The maximum absolute atomic E-state index is 13.3. The van der Waals surface area contributed by atoms with Crippen molar-refractivity contribution in [2.24, 2.45) is 0 Å². The van der Waals surface area contributed by atoms with E-state index < -0.39 is 6.03 Å². The number of fused-ring (bicyclic) bond motifs is 1. The van der Waals surface area contributed by atoms with E-state index in [2.05, 4.69) is 15.3 Å². The molecule has 2 amide bonds. The van der Waals surface area contributed by atoms with Gasteiger partial charge in [0.25, 0.3) is 5.56 Å². The number of rotatable bonds is 9. The third kappa shape index (κ3) is 5.55. The molecule has 1 atom stereocenters. The van der Waals surface area contributed by atoms with Crippen molar-refractivity contribution in [1.82, 2.24) is 19.1 Å². The monoisotopic (exact) mass is 548 g/mol. The molecule has 5 rings (SSSR count). The van der Waals surface area contributed by atoms with Crippen molar-refractivity contribution in [2.75, 3.05) is 23.4 Å². The minimum absolute atomic E-state index is 0.116. The van der Waals surface area contributed by atoms with Gasteiger partial charge in [-0.15, -0.1) is 0 Å². The van der Waals surface area contributed by atoms with Crippen molar-refractivity contribution in [1.29, 1.82) is 0 Å². The van der Waals surface area contributed by atoms with Crippen LogP contribution in [0, 0.1) is 5.82 Å². The molecule has 1 unspecified atom stereocenters. The Morgan fingerprint density at radius 1 is 1.12 bits per heavy atom. The summed E-state index contributed by atoms with van der Waals surface area (Å²) in [5.41, 5.74) is 2.09. The van der Waals surface area contributed by atoms with Gasteiger partial charge in [-0.05, 0) is 68.1 Å². The first-order chi connectivity index (χ1) is 19.4. The molecule has 0 saturated carbocycles. The Balaban J connectivity index is 1.47. The second kappa shape index (κ2) is 11.9. The number of pyridine rings is 1. The summed E-state index contributed by atoms with van der Waals surface area (Å²) in [5, 5.41) is 2.80. The molecule has 0 aliphatic carbocycles. The van der Waals surface area contributed by atoms with Gasteiger partial charge in [-0.1, -0.05) is 13.8 Å². The SMILES string of the molecule is CCCn1c(=O)c2[nH]c(-c3ccc(N(CC4CCCO4)C(=O)Nc4ccc(F)cc4)nc3)cc2n(CCC)c1=O. The Kier molecular flexibility index (Phi) is 8.11. The van der Waals surface area contributed by atoms with E-state index in [0.717, 1.165) is 19.3 Å². The summed E-state index contributed by atoms with van der Waals surface area (Å²) in [6, 6.07) is 10.5. The van der Waals surface area contributed by atoms with Crippen LogP contribution >= 0.6 is 0 Å². The lowest BCUT2D eigenvalue weighted by Crippen LogP contribution is -2.40. The summed E-state index contributed by atoms with van der Waals surface area (Å²) >= 11 is 0. The molecule has 40 heavy (non-hydrogen) atoms. The minimum atomic E-state index is -0.409. The zero-order valence-electron chi connectivity index (χ0n) is 22.7. The van der Waals surface area contributed by atoms with Gasteiger partial charge in [-0.2, -0.15) is 0 Å². The van der Waals surface area contributed by atoms with E-state index in [-0.39, 0.29) is 23.2 Å². The Morgan fingerprint density at radius 3 is 2.52 bits per heavy atom. The van der Waals surface area contributed by atoms with E-state index in [1.165, 1.54) is 33.7 Å². The molecule has 210 valence electrons. The van der Waals surface area contributed by atoms with Gasteiger partial charge < -0.3 is 15.0 Å².